The minimum absolute atomic E-state index is 0.104. The number of nitrogens with one attached hydrogen (secondary N) is 1. The number of hydrogen-bond acceptors (Lipinski definition) is 4. The molecule has 5 heteroatoms. The SMILES string of the molecule is Cc1cccc(C2CCCN2c2ccc(C(=O)NC3CCCC3)nn2)c1. The molecule has 1 aliphatic carbocycles. The highest BCUT2D eigenvalue weighted by atomic mass is 16.2. The van der Waals surface area contributed by atoms with Gasteiger partial charge in [0, 0.05) is 12.6 Å². The molecule has 2 aliphatic rings. The first-order chi connectivity index (χ1) is 12.7. The van der Waals surface area contributed by atoms with Gasteiger partial charge in [0.1, 0.15) is 0 Å². The molecule has 1 saturated carbocycles. The van der Waals surface area contributed by atoms with Crippen LogP contribution in [-0.2, 0) is 0 Å². The molecule has 1 aliphatic heterocycles. The van der Waals surface area contributed by atoms with Gasteiger partial charge in [-0.2, -0.15) is 0 Å². The Morgan fingerprint density at radius 1 is 1.08 bits per heavy atom. The van der Waals surface area contributed by atoms with Crippen molar-refractivity contribution in [2.75, 3.05) is 11.4 Å². The van der Waals surface area contributed by atoms with E-state index in [4.69, 9.17) is 0 Å². The second-order valence-corrected chi connectivity index (χ2v) is 7.50. The smallest absolute Gasteiger partial charge is 0.272 e. The summed E-state index contributed by atoms with van der Waals surface area (Å²) in [4.78, 5) is 14.6. The van der Waals surface area contributed by atoms with Gasteiger partial charge in [-0.1, -0.05) is 42.7 Å². The largest absolute Gasteiger partial charge is 0.348 e. The summed E-state index contributed by atoms with van der Waals surface area (Å²) in [5.74, 6) is 0.749. The van der Waals surface area contributed by atoms with Crippen molar-refractivity contribution in [2.24, 2.45) is 0 Å². The summed E-state index contributed by atoms with van der Waals surface area (Å²) in [6.45, 7) is 3.10. The Morgan fingerprint density at radius 3 is 2.65 bits per heavy atom. The lowest BCUT2D eigenvalue weighted by molar-refractivity contribution is 0.0932. The van der Waals surface area contributed by atoms with Crippen LogP contribution in [-0.4, -0.2) is 28.7 Å². The number of hydrogen-bond donors (Lipinski definition) is 1. The highest BCUT2D eigenvalue weighted by Crippen LogP contribution is 2.35. The second-order valence-electron chi connectivity index (χ2n) is 7.50. The third-order valence-electron chi connectivity index (χ3n) is 5.55. The molecule has 1 unspecified atom stereocenters. The van der Waals surface area contributed by atoms with Crippen molar-refractivity contribution >= 4 is 11.7 Å². The van der Waals surface area contributed by atoms with E-state index in [2.05, 4.69) is 51.6 Å². The van der Waals surface area contributed by atoms with Gasteiger partial charge in [0.25, 0.3) is 5.91 Å². The number of carbonyl (C=O) groups excluding carboxylic acids is 1. The number of amides is 1. The maximum Gasteiger partial charge on any atom is 0.272 e. The van der Waals surface area contributed by atoms with Gasteiger partial charge in [0.15, 0.2) is 11.5 Å². The Hall–Kier alpha value is -2.43. The van der Waals surface area contributed by atoms with E-state index in [0.717, 1.165) is 38.0 Å². The third-order valence-corrected chi connectivity index (χ3v) is 5.55. The van der Waals surface area contributed by atoms with Crippen LogP contribution in [0.4, 0.5) is 5.82 Å². The third kappa shape index (κ3) is 3.57. The standard InChI is InChI=1S/C21H26N4O/c1-15-6-4-7-16(14-15)19-10-5-13-25(19)20-12-11-18(23-24-20)21(26)22-17-8-2-3-9-17/h4,6-7,11-12,14,17,19H,2-3,5,8-10,13H2,1H3,(H,22,26). The topological polar surface area (TPSA) is 58.1 Å². The number of aromatic nitrogens is 2. The second kappa shape index (κ2) is 7.44. The first-order valence-electron chi connectivity index (χ1n) is 9.68. The molecule has 1 amide bonds. The predicted molar refractivity (Wildman–Crippen MR) is 102 cm³/mol. The molecule has 1 aromatic heterocycles. The monoisotopic (exact) mass is 350 g/mol. The van der Waals surface area contributed by atoms with Gasteiger partial charge in [-0.25, -0.2) is 0 Å². The van der Waals surface area contributed by atoms with Gasteiger partial charge in [-0.15, -0.1) is 10.2 Å². The molecule has 1 atom stereocenters. The fourth-order valence-corrected chi connectivity index (χ4v) is 4.19. The van der Waals surface area contributed by atoms with Crippen molar-refractivity contribution in [1.29, 1.82) is 0 Å². The molecule has 1 saturated heterocycles. The summed E-state index contributed by atoms with van der Waals surface area (Å²) in [5, 5.41) is 11.6. The van der Waals surface area contributed by atoms with Gasteiger partial charge in [-0.05, 0) is 50.3 Å². The van der Waals surface area contributed by atoms with E-state index in [1.54, 1.807) is 6.07 Å². The van der Waals surface area contributed by atoms with Crippen molar-refractivity contribution in [3.8, 4) is 0 Å². The molecule has 26 heavy (non-hydrogen) atoms. The lowest BCUT2D eigenvalue weighted by Gasteiger charge is -2.26. The molecular weight excluding hydrogens is 324 g/mol. The molecule has 1 N–H and O–H groups in total. The molecule has 5 nitrogen and oxygen atoms in total. The van der Waals surface area contributed by atoms with Crippen LogP contribution in [0.15, 0.2) is 36.4 Å². The minimum Gasteiger partial charge on any atom is -0.348 e. The highest BCUT2D eigenvalue weighted by molar-refractivity contribution is 5.92. The minimum atomic E-state index is -0.104. The van der Waals surface area contributed by atoms with E-state index >= 15 is 0 Å². The average molecular weight is 350 g/mol. The van der Waals surface area contributed by atoms with E-state index < -0.39 is 0 Å². The Kier molecular flexibility index (Phi) is 4.87. The zero-order valence-electron chi connectivity index (χ0n) is 15.3. The van der Waals surface area contributed by atoms with E-state index in [-0.39, 0.29) is 5.91 Å². The molecule has 1 aromatic carbocycles. The van der Waals surface area contributed by atoms with Crippen LogP contribution in [0, 0.1) is 6.92 Å². The Morgan fingerprint density at radius 2 is 1.92 bits per heavy atom. The van der Waals surface area contributed by atoms with Gasteiger partial charge >= 0.3 is 0 Å². The fourth-order valence-electron chi connectivity index (χ4n) is 4.19. The van der Waals surface area contributed by atoms with Crippen LogP contribution in [0.5, 0.6) is 0 Å². The van der Waals surface area contributed by atoms with Crippen molar-refractivity contribution in [3.63, 3.8) is 0 Å². The van der Waals surface area contributed by atoms with Crippen LogP contribution in [0.3, 0.4) is 0 Å². The quantitative estimate of drug-likeness (QED) is 0.911. The summed E-state index contributed by atoms with van der Waals surface area (Å²) in [5.41, 5.74) is 3.01. The summed E-state index contributed by atoms with van der Waals surface area (Å²) >= 11 is 0. The summed E-state index contributed by atoms with van der Waals surface area (Å²) < 4.78 is 0. The summed E-state index contributed by atoms with van der Waals surface area (Å²) in [6.07, 6.45) is 6.81. The van der Waals surface area contributed by atoms with Crippen molar-refractivity contribution < 1.29 is 4.79 Å². The number of aryl methyl sites for hydroxylation is 1. The van der Waals surface area contributed by atoms with Crippen LogP contribution in [0.2, 0.25) is 0 Å². The number of benzene rings is 1. The maximum absolute atomic E-state index is 12.3. The van der Waals surface area contributed by atoms with Crippen molar-refractivity contribution in [2.45, 2.75) is 57.5 Å². The zero-order chi connectivity index (χ0) is 17.9. The predicted octanol–water partition coefficient (Wildman–Crippen LogP) is 3.80. The van der Waals surface area contributed by atoms with E-state index in [9.17, 15) is 4.79 Å². The molecule has 2 fully saturated rings. The van der Waals surface area contributed by atoms with Gasteiger partial charge in [-0.3, -0.25) is 4.79 Å². The lowest BCUT2D eigenvalue weighted by Crippen LogP contribution is -2.33. The molecule has 2 aromatic rings. The van der Waals surface area contributed by atoms with Crippen molar-refractivity contribution in [3.05, 3.63) is 53.2 Å². The lowest BCUT2D eigenvalue weighted by atomic mass is 10.0. The van der Waals surface area contributed by atoms with Crippen LogP contribution < -0.4 is 10.2 Å². The summed E-state index contributed by atoms with van der Waals surface area (Å²) in [6, 6.07) is 13.1. The van der Waals surface area contributed by atoms with E-state index in [1.165, 1.54) is 24.0 Å². The summed E-state index contributed by atoms with van der Waals surface area (Å²) in [7, 11) is 0. The van der Waals surface area contributed by atoms with E-state index in [1.807, 2.05) is 6.07 Å². The Bertz CT molecular complexity index is 768. The zero-order valence-corrected chi connectivity index (χ0v) is 15.3. The Labute approximate surface area is 154 Å². The molecule has 0 bridgehead atoms. The first-order valence-corrected chi connectivity index (χ1v) is 9.68. The molecule has 4 rings (SSSR count). The first kappa shape index (κ1) is 17.0. The number of nitrogens with zero attached hydrogens (tertiary/aromatic N) is 3. The highest BCUT2D eigenvalue weighted by Gasteiger charge is 2.27. The van der Waals surface area contributed by atoms with Crippen LogP contribution in [0.25, 0.3) is 0 Å². The van der Waals surface area contributed by atoms with Crippen LogP contribution >= 0.6 is 0 Å². The van der Waals surface area contributed by atoms with Crippen molar-refractivity contribution in [1.82, 2.24) is 15.5 Å². The molecule has 136 valence electrons. The number of carbonyl (C=O) groups is 1. The number of rotatable bonds is 4. The molecule has 2 heterocycles. The number of anilines is 1. The fraction of sp³-hybridized carbons (Fsp3) is 0.476. The molecule has 0 radical (unpaired) electrons. The normalized spacial score (nSPS) is 20.5. The van der Waals surface area contributed by atoms with Crippen LogP contribution in [0.1, 0.15) is 66.2 Å². The molecular formula is C21H26N4O. The van der Waals surface area contributed by atoms with E-state index in [0.29, 0.717) is 17.8 Å². The average Bonchev–Trinajstić information content (AvgIpc) is 3.33. The molecule has 0 spiro atoms. The van der Waals surface area contributed by atoms with Gasteiger partial charge in [0.05, 0.1) is 6.04 Å². The maximum atomic E-state index is 12.3. The Balaban J connectivity index is 1.48. The van der Waals surface area contributed by atoms with Gasteiger partial charge in [0.2, 0.25) is 0 Å². The van der Waals surface area contributed by atoms with Gasteiger partial charge < -0.3 is 10.2 Å².